The van der Waals surface area contributed by atoms with Crippen LogP contribution in [0.1, 0.15) is 73.1 Å². The summed E-state index contributed by atoms with van der Waals surface area (Å²) in [7, 11) is 0. The smallest absolute Gasteiger partial charge is 0.225 e. The maximum Gasteiger partial charge on any atom is 0.225 e. The van der Waals surface area contributed by atoms with Crippen molar-refractivity contribution < 1.29 is 9.59 Å². The van der Waals surface area contributed by atoms with Crippen LogP contribution in [0.25, 0.3) is 0 Å². The van der Waals surface area contributed by atoms with Crippen LogP contribution in [-0.2, 0) is 22.4 Å². The predicted molar refractivity (Wildman–Crippen MR) is 150 cm³/mol. The van der Waals surface area contributed by atoms with Crippen LogP contribution in [0.4, 0.5) is 11.6 Å². The molecule has 10 heteroatoms. The van der Waals surface area contributed by atoms with E-state index >= 15 is 0 Å². The second kappa shape index (κ2) is 13.5. The highest BCUT2D eigenvalue weighted by Gasteiger charge is 2.27. The van der Waals surface area contributed by atoms with Gasteiger partial charge in [-0.2, -0.15) is 10.2 Å². The molecule has 10 nitrogen and oxygen atoms in total. The molecule has 2 atom stereocenters. The van der Waals surface area contributed by atoms with Gasteiger partial charge in [-0.1, -0.05) is 18.6 Å². The van der Waals surface area contributed by atoms with Crippen molar-refractivity contribution in [2.75, 3.05) is 10.6 Å². The van der Waals surface area contributed by atoms with Gasteiger partial charge in [-0.05, 0) is 80.6 Å². The molecule has 4 heterocycles. The van der Waals surface area contributed by atoms with Crippen molar-refractivity contribution >= 4 is 23.5 Å². The number of rotatable bonds is 10. The molecule has 0 spiro atoms. The largest absolute Gasteiger partial charge is 0.309 e. The Kier molecular flexibility index (Phi) is 9.08. The van der Waals surface area contributed by atoms with Crippen LogP contribution in [0, 0.1) is 0 Å². The summed E-state index contributed by atoms with van der Waals surface area (Å²) in [5, 5.41) is 23.0. The molecule has 204 valence electrons. The number of pyridine rings is 2. The Morgan fingerprint density at radius 1 is 0.650 bits per heavy atom. The second-order valence-corrected chi connectivity index (χ2v) is 9.99. The Balaban J connectivity index is 1.10. The molecule has 1 fully saturated rings. The van der Waals surface area contributed by atoms with E-state index in [0.29, 0.717) is 37.3 Å². The van der Waals surface area contributed by atoms with Gasteiger partial charge in [-0.3, -0.25) is 19.6 Å². The van der Waals surface area contributed by atoms with Crippen LogP contribution in [-0.4, -0.2) is 42.2 Å². The number of nitrogens with zero attached hydrogens (tertiary/aromatic N) is 6. The predicted octanol–water partition coefficient (Wildman–Crippen LogP) is 4.64. The van der Waals surface area contributed by atoms with Crippen molar-refractivity contribution in [1.82, 2.24) is 30.4 Å². The van der Waals surface area contributed by atoms with Crippen LogP contribution in [0.2, 0.25) is 0 Å². The minimum absolute atomic E-state index is 0.114. The first-order chi connectivity index (χ1) is 19.6. The van der Waals surface area contributed by atoms with E-state index in [1.165, 1.54) is 0 Å². The van der Waals surface area contributed by atoms with Gasteiger partial charge in [0, 0.05) is 48.5 Å². The van der Waals surface area contributed by atoms with Gasteiger partial charge in [0.15, 0.2) is 11.6 Å². The van der Waals surface area contributed by atoms with Gasteiger partial charge in [0.1, 0.15) is 0 Å². The highest BCUT2D eigenvalue weighted by atomic mass is 16.2. The Hall–Kier alpha value is -4.60. The first kappa shape index (κ1) is 27.0. The number of amides is 2. The van der Waals surface area contributed by atoms with E-state index in [-0.39, 0.29) is 23.7 Å². The highest BCUT2D eigenvalue weighted by molar-refractivity contribution is 5.90. The molecule has 1 saturated carbocycles. The Morgan fingerprint density at radius 3 is 1.55 bits per heavy atom. The van der Waals surface area contributed by atoms with Crippen LogP contribution in [0.3, 0.4) is 0 Å². The summed E-state index contributed by atoms with van der Waals surface area (Å²) in [6.07, 6.45) is 9.26. The fourth-order valence-electron chi connectivity index (χ4n) is 4.97. The van der Waals surface area contributed by atoms with E-state index in [9.17, 15) is 9.59 Å². The maximum absolute atomic E-state index is 12.3. The standard InChI is InChI=1S/C30H32N8O2/c39-29(16-10-23-8-1-3-18-31-23)33-27-14-12-25(35-37-27)21-6-5-7-22(20-21)26-13-15-28(38-36-26)34-30(40)17-11-24-9-2-4-19-32-24/h1-4,8-9,12-15,18-19,21-22H,5-7,10-11,16-17,20H2,(H,33,37,39)(H,34,38,40)/t21-,22-/m0/s1. The molecular weight excluding hydrogens is 504 g/mol. The van der Waals surface area contributed by atoms with Crippen molar-refractivity contribution in [2.24, 2.45) is 0 Å². The Morgan fingerprint density at radius 2 is 1.15 bits per heavy atom. The summed E-state index contributed by atoms with van der Waals surface area (Å²) in [4.78, 5) is 33.1. The fraction of sp³-hybridized carbons (Fsp3) is 0.333. The monoisotopic (exact) mass is 536 g/mol. The number of aromatic nitrogens is 6. The van der Waals surface area contributed by atoms with Gasteiger partial charge in [0.2, 0.25) is 11.8 Å². The molecule has 5 rings (SSSR count). The SMILES string of the molecule is O=C(CCc1ccccn1)Nc1ccc([C@H]2CCC[C@H](c3ccc(NC(=O)CCc4ccccn4)nn3)C2)nn1. The molecule has 4 aromatic rings. The van der Waals surface area contributed by atoms with E-state index in [1.807, 2.05) is 60.7 Å². The van der Waals surface area contributed by atoms with Crippen molar-refractivity contribution in [3.05, 3.63) is 95.8 Å². The van der Waals surface area contributed by atoms with Crippen molar-refractivity contribution in [3.63, 3.8) is 0 Å². The third-order valence-electron chi connectivity index (χ3n) is 7.08. The summed E-state index contributed by atoms with van der Waals surface area (Å²) < 4.78 is 0. The minimum atomic E-state index is -0.114. The van der Waals surface area contributed by atoms with Crippen LogP contribution >= 0.6 is 0 Å². The zero-order valence-electron chi connectivity index (χ0n) is 22.2. The molecule has 40 heavy (non-hydrogen) atoms. The van der Waals surface area contributed by atoms with Gasteiger partial charge in [0.05, 0.1) is 11.4 Å². The van der Waals surface area contributed by atoms with E-state index in [1.54, 1.807) is 12.4 Å². The molecule has 0 aromatic carbocycles. The van der Waals surface area contributed by atoms with Crippen molar-refractivity contribution in [3.8, 4) is 0 Å². The summed E-state index contributed by atoms with van der Waals surface area (Å²) >= 11 is 0. The molecule has 0 radical (unpaired) electrons. The molecule has 4 aromatic heterocycles. The lowest BCUT2D eigenvalue weighted by atomic mass is 9.78. The molecule has 0 aliphatic heterocycles. The molecule has 0 bridgehead atoms. The summed E-state index contributed by atoms with van der Waals surface area (Å²) in [6, 6.07) is 18.9. The zero-order valence-corrected chi connectivity index (χ0v) is 22.2. The number of carbonyl (C=O) groups is 2. The normalized spacial score (nSPS) is 16.7. The molecule has 1 aliphatic rings. The lowest BCUT2D eigenvalue weighted by Crippen LogP contribution is -2.18. The number of hydrogen-bond acceptors (Lipinski definition) is 8. The lowest BCUT2D eigenvalue weighted by molar-refractivity contribution is -0.117. The molecule has 0 saturated heterocycles. The van der Waals surface area contributed by atoms with Crippen LogP contribution in [0.5, 0.6) is 0 Å². The van der Waals surface area contributed by atoms with Gasteiger partial charge in [0.25, 0.3) is 0 Å². The second-order valence-electron chi connectivity index (χ2n) is 9.99. The van der Waals surface area contributed by atoms with Crippen molar-refractivity contribution in [1.29, 1.82) is 0 Å². The minimum Gasteiger partial charge on any atom is -0.309 e. The Labute approximate surface area is 233 Å². The molecule has 0 unspecified atom stereocenters. The average Bonchev–Trinajstić information content (AvgIpc) is 3.01. The van der Waals surface area contributed by atoms with Gasteiger partial charge in [-0.25, -0.2) is 0 Å². The van der Waals surface area contributed by atoms with E-state index in [4.69, 9.17) is 0 Å². The fourth-order valence-corrected chi connectivity index (χ4v) is 4.97. The number of aryl methyl sites for hydroxylation is 2. The van der Waals surface area contributed by atoms with Gasteiger partial charge in [-0.15, -0.1) is 10.2 Å². The highest BCUT2D eigenvalue weighted by Crippen LogP contribution is 2.40. The van der Waals surface area contributed by atoms with Crippen molar-refractivity contribution in [2.45, 2.75) is 63.2 Å². The number of carbonyl (C=O) groups excluding carboxylic acids is 2. The number of hydrogen-bond donors (Lipinski definition) is 2. The average molecular weight is 537 g/mol. The first-order valence-electron chi connectivity index (χ1n) is 13.7. The molecule has 2 N–H and O–H groups in total. The van der Waals surface area contributed by atoms with E-state index in [0.717, 1.165) is 48.5 Å². The molecular formula is C30H32N8O2. The lowest BCUT2D eigenvalue weighted by Gasteiger charge is -2.28. The molecule has 1 aliphatic carbocycles. The first-order valence-corrected chi connectivity index (χ1v) is 13.7. The third kappa shape index (κ3) is 7.72. The van der Waals surface area contributed by atoms with Gasteiger partial charge >= 0.3 is 0 Å². The topological polar surface area (TPSA) is 136 Å². The quantitative estimate of drug-likeness (QED) is 0.299. The van der Waals surface area contributed by atoms with Crippen LogP contribution < -0.4 is 10.6 Å². The summed E-state index contributed by atoms with van der Waals surface area (Å²) in [5.74, 6) is 1.19. The van der Waals surface area contributed by atoms with Gasteiger partial charge < -0.3 is 10.6 Å². The number of anilines is 2. The van der Waals surface area contributed by atoms with Crippen LogP contribution in [0.15, 0.2) is 73.1 Å². The molecule has 2 amide bonds. The number of nitrogens with one attached hydrogen (secondary N) is 2. The van der Waals surface area contributed by atoms with E-state index in [2.05, 4.69) is 41.0 Å². The maximum atomic E-state index is 12.3. The summed E-state index contributed by atoms with van der Waals surface area (Å²) in [5.41, 5.74) is 3.60. The van der Waals surface area contributed by atoms with E-state index < -0.39 is 0 Å². The summed E-state index contributed by atoms with van der Waals surface area (Å²) in [6.45, 7) is 0. The Bertz CT molecular complexity index is 1280. The third-order valence-corrected chi connectivity index (χ3v) is 7.08. The zero-order chi connectivity index (χ0) is 27.6.